The van der Waals surface area contributed by atoms with E-state index < -0.39 is 0 Å². The minimum Gasteiger partial charge on any atom is -0.347 e. The lowest BCUT2D eigenvalue weighted by atomic mass is 9.95. The number of rotatable bonds is 4. The molecule has 0 unspecified atom stereocenters. The Hall–Kier alpha value is -2.05. The molecule has 0 aliphatic heterocycles. The average Bonchev–Trinajstić information content (AvgIpc) is 2.95. The SMILES string of the molecule is c1ncnc(NCc2nncn2C2CCCCC2)n1. The summed E-state index contributed by atoms with van der Waals surface area (Å²) in [4.78, 5) is 11.8. The fourth-order valence-corrected chi connectivity index (χ4v) is 2.55. The summed E-state index contributed by atoms with van der Waals surface area (Å²) in [5, 5.41) is 11.4. The molecule has 0 radical (unpaired) electrons. The van der Waals surface area contributed by atoms with Crippen molar-refractivity contribution in [2.24, 2.45) is 0 Å². The highest BCUT2D eigenvalue weighted by atomic mass is 15.3. The standard InChI is InChI=1S/C12H17N7/c1-2-4-10(5-3-1)19-9-17-18-11(19)6-14-12-15-7-13-8-16-12/h7-10H,1-6H2,(H,13,14,15,16). The molecule has 3 rings (SSSR count). The van der Waals surface area contributed by atoms with E-state index in [1.165, 1.54) is 44.8 Å². The smallest absolute Gasteiger partial charge is 0.226 e. The molecule has 19 heavy (non-hydrogen) atoms. The maximum atomic E-state index is 4.19. The molecule has 2 aromatic rings. The summed E-state index contributed by atoms with van der Waals surface area (Å²) in [5.74, 6) is 1.50. The third kappa shape index (κ3) is 2.86. The topological polar surface area (TPSA) is 81.4 Å². The monoisotopic (exact) mass is 259 g/mol. The van der Waals surface area contributed by atoms with E-state index in [4.69, 9.17) is 0 Å². The molecule has 2 heterocycles. The molecule has 1 fully saturated rings. The lowest BCUT2D eigenvalue weighted by Gasteiger charge is -2.23. The fraction of sp³-hybridized carbons (Fsp3) is 0.583. The van der Waals surface area contributed by atoms with Crippen molar-refractivity contribution >= 4 is 5.95 Å². The zero-order chi connectivity index (χ0) is 12.9. The van der Waals surface area contributed by atoms with E-state index in [-0.39, 0.29) is 0 Å². The van der Waals surface area contributed by atoms with Crippen molar-refractivity contribution in [2.75, 3.05) is 5.32 Å². The van der Waals surface area contributed by atoms with Crippen LogP contribution in [0.2, 0.25) is 0 Å². The van der Waals surface area contributed by atoms with E-state index in [0.717, 1.165) is 5.82 Å². The lowest BCUT2D eigenvalue weighted by Crippen LogP contribution is -2.17. The summed E-state index contributed by atoms with van der Waals surface area (Å²) in [6.07, 6.45) is 11.2. The first-order valence-electron chi connectivity index (χ1n) is 6.68. The summed E-state index contributed by atoms with van der Waals surface area (Å²) in [6.45, 7) is 0.584. The Morgan fingerprint density at radius 2 is 1.95 bits per heavy atom. The third-order valence-corrected chi connectivity index (χ3v) is 3.51. The van der Waals surface area contributed by atoms with Gasteiger partial charge in [0, 0.05) is 6.04 Å². The fourth-order valence-electron chi connectivity index (χ4n) is 2.55. The van der Waals surface area contributed by atoms with E-state index in [0.29, 0.717) is 18.5 Å². The summed E-state index contributed by atoms with van der Waals surface area (Å²) in [7, 11) is 0. The second-order valence-corrected chi connectivity index (χ2v) is 4.76. The highest BCUT2D eigenvalue weighted by Gasteiger charge is 2.18. The van der Waals surface area contributed by atoms with Crippen LogP contribution in [0.3, 0.4) is 0 Å². The highest BCUT2D eigenvalue weighted by Crippen LogP contribution is 2.28. The molecule has 1 saturated carbocycles. The summed E-state index contributed by atoms with van der Waals surface area (Å²) >= 11 is 0. The quantitative estimate of drug-likeness (QED) is 0.897. The van der Waals surface area contributed by atoms with Crippen LogP contribution >= 0.6 is 0 Å². The zero-order valence-electron chi connectivity index (χ0n) is 10.7. The Bertz CT molecular complexity index is 504. The van der Waals surface area contributed by atoms with Gasteiger partial charge >= 0.3 is 0 Å². The number of nitrogens with zero attached hydrogens (tertiary/aromatic N) is 6. The first-order chi connectivity index (χ1) is 9.43. The predicted molar refractivity (Wildman–Crippen MR) is 69.3 cm³/mol. The predicted octanol–water partition coefficient (Wildman–Crippen LogP) is 1.58. The molecule has 1 N–H and O–H groups in total. The normalized spacial score (nSPS) is 16.4. The van der Waals surface area contributed by atoms with Crippen LogP contribution < -0.4 is 5.32 Å². The van der Waals surface area contributed by atoms with Gasteiger partial charge in [-0.3, -0.25) is 0 Å². The number of hydrogen-bond acceptors (Lipinski definition) is 6. The molecule has 1 aliphatic rings. The van der Waals surface area contributed by atoms with Gasteiger partial charge < -0.3 is 9.88 Å². The van der Waals surface area contributed by atoms with Crippen molar-refractivity contribution in [3.63, 3.8) is 0 Å². The number of anilines is 1. The Morgan fingerprint density at radius 3 is 2.74 bits per heavy atom. The molecule has 7 heteroatoms. The second-order valence-electron chi connectivity index (χ2n) is 4.76. The first-order valence-corrected chi connectivity index (χ1v) is 6.68. The Balaban J connectivity index is 1.66. The second kappa shape index (κ2) is 5.73. The number of aromatic nitrogens is 6. The van der Waals surface area contributed by atoms with Crippen molar-refractivity contribution < 1.29 is 0 Å². The molecule has 0 bridgehead atoms. The molecular formula is C12H17N7. The minimum atomic E-state index is 0.541. The van der Waals surface area contributed by atoms with Crippen molar-refractivity contribution in [3.8, 4) is 0 Å². The molecule has 0 amide bonds. The molecular weight excluding hydrogens is 242 g/mol. The Labute approximate surface area is 111 Å². The van der Waals surface area contributed by atoms with Gasteiger partial charge in [0.1, 0.15) is 19.0 Å². The van der Waals surface area contributed by atoms with Crippen LogP contribution in [0.25, 0.3) is 0 Å². The van der Waals surface area contributed by atoms with Crippen LogP contribution in [0.5, 0.6) is 0 Å². The van der Waals surface area contributed by atoms with Gasteiger partial charge in [-0.15, -0.1) is 10.2 Å². The molecule has 0 spiro atoms. The van der Waals surface area contributed by atoms with Gasteiger partial charge in [-0.2, -0.15) is 0 Å². The van der Waals surface area contributed by atoms with Gasteiger partial charge in [0.25, 0.3) is 0 Å². The molecule has 0 atom stereocenters. The van der Waals surface area contributed by atoms with Crippen LogP contribution in [0.1, 0.15) is 44.0 Å². The molecule has 1 aliphatic carbocycles. The third-order valence-electron chi connectivity index (χ3n) is 3.51. The minimum absolute atomic E-state index is 0.541. The molecule has 0 saturated heterocycles. The molecule has 7 nitrogen and oxygen atoms in total. The summed E-state index contributed by atoms with van der Waals surface area (Å²) < 4.78 is 2.19. The van der Waals surface area contributed by atoms with E-state index in [1.54, 1.807) is 0 Å². The van der Waals surface area contributed by atoms with E-state index in [2.05, 4.69) is 35.0 Å². The van der Waals surface area contributed by atoms with E-state index in [9.17, 15) is 0 Å². The zero-order valence-corrected chi connectivity index (χ0v) is 10.7. The van der Waals surface area contributed by atoms with Crippen LogP contribution in [-0.4, -0.2) is 29.7 Å². The van der Waals surface area contributed by atoms with Crippen LogP contribution in [0.15, 0.2) is 19.0 Å². The van der Waals surface area contributed by atoms with Gasteiger partial charge in [0.2, 0.25) is 5.95 Å². The summed E-state index contributed by atoms with van der Waals surface area (Å²) in [5.41, 5.74) is 0. The van der Waals surface area contributed by atoms with E-state index >= 15 is 0 Å². The van der Waals surface area contributed by atoms with Crippen LogP contribution in [0, 0.1) is 0 Å². The van der Waals surface area contributed by atoms with Crippen molar-refractivity contribution in [2.45, 2.75) is 44.7 Å². The molecule has 100 valence electrons. The molecule has 2 aromatic heterocycles. The van der Waals surface area contributed by atoms with Gasteiger partial charge in [-0.25, -0.2) is 15.0 Å². The van der Waals surface area contributed by atoms with Crippen molar-refractivity contribution in [1.29, 1.82) is 0 Å². The lowest BCUT2D eigenvalue weighted by molar-refractivity contribution is 0.346. The van der Waals surface area contributed by atoms with Crippen molar-refractivity contribution in [1.82, 2.24) is 29.7 Å². The van der Waals surface area contributed by atoms with E-state index in [1.807, 2.05) is 6.33 Å². The number of nitrogens with one attached hydrogen (secondary N) is 1. The largest absolute Gasteiger partial charge is 0.347 e. The van der Waals surface area contributed by atoms with Gasteiger partial charge in [0.15, 0.2) is 5.82 Å². The average molecular weight is 259 g/mol. The van der Waals surface area contributed by atoms with Crippen LogP contribution in [-0.2, 0) is 6.54 Å². The first kappa shape index (κ1) is 12.0. The molecule has 0 aromatic carbocycles. The highest BCUT2D eigenvalue weighted by molar-refractivity contribution is 5.21. The van der Waals surface area contributed by atoms with Gasteiger partial charge in [-0.1, -0.05) is 19.3 Å². The Morgan fingerprint density at radius 1 is 1.16 bits per heavy atom. The van der Waals surface area contributed by atoms with Crippen LogP contribution in [0.4, 0.5) is 5.95 Å². The van der Waals surface area contributed by atoms with Crippen molar-refractivity contribution in [3.05, 3.63) is 24.8 Å². The maximum absolute atomic E-state index is 4.19. The van der Waals surface area contributed by atoms with Gasteiger partial charge in [0.05, 0.1) is 6.54 Å². The maximum Gasteiger partial charge on any atom is 0.226 e. The number of hydrogen-bond donors (Lipinski definition) is 1. The Kier molecular flexibility index (Phi) is 3.62. The summed E-state index contributed by atoms with van der Waals surface area (Å²) in [6, 6.07) is 0.541. The van der Waals surface area contributed by atoms with Gasteiger partial charge in [-0.05, 0) is 12.8 Å².